The highest BCUT2D eigenvalue weighted by Gasteiger charge is 2.41. The van der Waals surface area contributed by atoms with E-state index in [1.165, 1.54) is 12.8 Å². The van der Waals surface area contributed by atoms with Gasteiger partial charge in [-0.1, -0.05) is 0 Å². The van der Waals surface area contributed by atoms with E-state index in [9.17, 15) is 8.42 Å². The van der Waals surface area contributed by atoms with Crippen molar-refractivity contribution in [1.82, 2.24) is 0 Å². The lowest BCUT2D eigenvalue weighted by Crippen LogP contribution is -2.23. The maximum atomic E-state index is 10.8. The lowest BCUT2D eigenvalue weighted by Gasteiger charge is -2.20. The molecule has 0 saturated heterocycles. The topological polar surface area (TPSA) is 43.4 Å². The fourth-order valence-corrected chi connectivity index (χ4v) is 3.21. The number of rotatable bonds is 2. The molecule has 3 nitrogen and oxygen atoms in total. The van der Waals surface area contributed by atoms with E-state index in [2.05, 4.69) is 0 Å². The molecule has 0 aliphatic heterocycles. The first-order valence-electron chi connectivity index (χ1n) is 4.43. The first-order chi connectivity index (χ1) is 5.54. The predicted octanol–water partition coefficient (Wildman–Crippen LogP) is 1.15. The van der Waals surface area contributed by atoms with E-state index in [-0.39, 0.29) is 6.10 Å². The quantitative estimate of drug-likeness (QED) is 0.613. The average Bonchev–Trinajstić information content (AvgIpc) is 2.42. The van der Waals surface area contributed by atoms with Crippen LogP contribution in [0.25, 0.3) is 0 Å². The van der Waals surface area contributed by atoms with Gasteiger partial charge in [-0.05, 0) is 37.5 Å². The highest BCUT2D eigenvalue weighted by atomic mass is 32.2. The monoisotopic (exact) mass is 190 g/mol. The largest absolute Gasteiger partial charge is 0.267 e. The van der Waals surface area contributed by atoms with Gasteiger partial charge in [-0.3, -0.25) is 4.18 Å². The van der Waals surface area contributed by atoms with Gasteiger partial charge < -0.3 is 0 Å². The van der Waals surface area contributed by atoms with Gasteiger partial charge in [0, 0.05) is 0 Å². The zero-order chi connectivity index (χ0) is 8.77. The molecule has 2 bridgehead atoms. The zero-order valence-electron chi connectivity index (χ0n) is 7.19. The second kappa shape index (κ2) is 2.70. The molecule has 12 heavy (non-hydrogen) atoms. The molecule has 3 atom stereocenters. The van der Waals surface area contributed by atoms with Crippen molar-refractivity contribution in [3.05, 3.63) is 0 Å². The van der Waals surface area contributed by atoms with Crippen LogP contribution >= 0.6 is 0 Å². The highest BCUT2D eigenvalue weighted by Crippen LogP contribution is 2.46. The first-order valence-corrected chi connectivity index (χ1v) is 6.24. The van der Waals surface area contributed by atoms with Crippen LogP contribution < -0.4 is 0 Å². The fraction of sp³-hybridized carbons (Fsp3) is 1.00. The number of hydrogen-bond acceptors (Lipinski definition) is 3. The molecular weight excluding hydrogens is 176 g/mol. The molecule has 3 unspecified atom stereocenters. The molecule has 70 valence electrons. The van der Waals surface area contributed by atoms with Gasteiger partial charge in [0.1, 0.15) is 0 Å². The Kier molecular flexibility index (Phi) is 1.92. The normalized spacial score (nSPS) is 40.6. The van der Waals surface area contributed by atoms with Crippen LogP contribution in [-0.2, 0) is 14.3 Å². The van der Waals surface area contributed by atoms with E-state index in [4.69, 9.17) is 4.18 Å². The molecule has 4 heteroatoms. The summed E-state index contributed by atoms with van der Waals surface area (Å²) < 4.78 is 26.7. The average molecular weight is 190 g/mol. The van der Waals surface area contributed by atoms with Gasteiger partial charge >= 0.3 is 0 Å². The van der Waals surface area contributed by atoms with Crippen molar-refractivity contribution in [2.24, 2.45) is 11.8 Å². The summed E-state index contributed by atoms with van der Waals surface area (Å²) in [6.07, 6.45) is 5.70. The van der Waals surface area contributed by atoms with Gasteiger partial charge in [-0.25, -0.2) is 0 Å². The minimum absolute atomic E-state index is 0.00116. The molecule has 0 aromatic rings. The summed E-state index contributed by atoms with van der Waals surface area (Å²) in [6.45, 7) is 0. The Morgan fingerprint density at radius 1 is 1.25 bits per heavy atom. The summed E-state index contributed by atoms with van der Waals surface area (Å²) in [5.74, 6) is 1.26. The van der Waals surface area contributed by atoms with Crippen LogP contribution in [-0.4, -0.2) is 20.8 Å². The van der Waals surface area contributed by atoms with Gasteiger partial charge in [0.15, 0.2) is 0 Å². The van der Waals surface area contributed by atoms with Gasteiger partial charge in [-0.15, -0.1) is 0 Å². The molecule has 0 N–H and O–H groups in total. The lowest BCUT2D eigenvalue weighted by molar-refractivity contribution is 0.147. The maximum Gasteiger partial charge on any atom is 0.264 e. The fourth-order valence-electron chi connectivity index (χ4n) is 2.53. The predicted molar refractivity (Wildman–Crippen MR) is 45.2 cm³/mol. The summed E-state index contributed by atoms with van der Waals surface area (Å²) >= 11 is 0. The summed E-state index contributed by atoms with van der Waals surface area (Å²) in [5.41, 5.74) is 0. The maximum absolute atomic E-state index is 10.8. The van der Waals surface area contributed by atoms with E-state index in [1.807, 2.05) is 0 Å². The Hall–Kier alpha value is -0.0900. The number of fused-ring (bicyclic) bond motifs is 2. The van der Waals surface area contributed by atoms with Crippen molar-refractivity contribution in [2.75, 3.05) is 6.26 Å². The molecule has 2 saturated carbocycles. The molecule has 0 radical (unpaired) electrons. The van der Waals surface area contributed by atoms with E-state index in [0.29, 0.717) is 5.92 Å². The van der Waals surface area contributed by atoms with E-state index in [0.717, 1.165) is 25.0 Å². The standard InChI is InChI=1S/C8H14O3S/c1-12(9,10)11-8-5-6-2-3-7(8)4-6/h6-8H,2-5H2,1H3. The van der Waals surface area contributed by atoms with Crippen molar-refractivity contribution >= 4 is 10.1 Å². The SMILES string of the molecule is CS(=O)(=O)OC1CC2CCC1C2. The third-order valence-electron chi connectivity index (χ3n) is 2.97. The Bertz CT molecular complexity index is 270. The summed E-state index contributed by atoms with van der Waals surface area (Å²) in [5, 5.41) is 0. The van der Waals surface area contributed by atoms with Gasteiger partial charge in [0.25, 0.3) is 10.1 Å². The number of hydrogen-bond donors (Lipinski definition) is 0. The van der Waals surface area contributed by atoms with E-state index in [1.54, 1.807) is 0 Å². The summed E-state index contributed by atoms with van der Waals surface area (Å²) in [7, 11) is -3.23. The van der Waals surface area contributed by atoms with Crippen molar-refractivity contribution in [3.63, 3.8) is 0 Å². The van der Waals surface area contributed by atoms with Crippen molar-refractivity contribution in [3.8, 4) is 0 Å². The van der Waals surface area contributed by atoms with E-state index >= 15 is 0 Å². The zero-order valence-corrected chi connectivity index (χ0v) is 8.01. The summed E-state index contributed by atoms with van der Waals surface area (Å²) in [4.78, 5) is 0. The highest BCUT2D eigenvalue weighted by molar-refractivity contribution is 7.86. The molecular formula is C8H14O3S. The Labute approximate surface area is 73.2 Å². The molecule has 0 spiro atoms. The molecule has 0 amide bonds. The lowest BCUT2D eigenvalue weighted by atomic mass is 9.98. The smallest absolute Gasteiger partial charge is 0.264 e. The van der Waals surface area contributed by atoms with Gasteiger partial charge in [-0.2, -0.15) is 8.42 Å². The van der Waals surface area contributed by atoms with Gasteiger partial charge in [0.2, 0.25) is 0 Å². The van der Waals surface area contributed by atoms with Crippen molar-refractivity contribution in [2.45, 2.75) is 31.8 Å². The van der Waals surface area contributed by atoms with Crippen LogP contribution in [0.1, 0.15) is 25.7 Å². The van der Waals surface area contributed by atoms with Crippen LogP contribution in [0.3, 0.4) is 0 Å². The van der Waals surface area contributed by atoms with Crippen molar-refractivity contribution < 1.29 is 12.6 Å². The minimum Gasteiger partial charge on any atom is -0.267 e. The third kappa shape index (κ3) is 1.64. The molecule has 0 aromatic carbocycles. The van der Waals surface area contributed by atoms with Crippen molar-refractivity contribution in [1.29, 1.82) is 0 Å². The van der Waals surface area contributed by atoms with Crippen LogP contribution in [0.15, 0.2) is 0 Å². The second-order valence-corrected chi connectivity index (χ2v) is 5.61. The summed E-state index contributed by atoms with van der Waals surface area (Å²) in [6, 6.07) is 0. The van der Waals surface area contributed by atoms with Crippen LogP contribution in [0, 0.1) is 11.8 Å². The third-order valence-corrected chi connectivity index (χ3v) is 3.57. The second-order valence-electron chi connectivity index (χ2n) is 4.01. The van der Waals surface area contributed by atoms with Crippen LogP contribution in [0.2, 0.25) is 0 Å². The molecule has 2 rings (SSSR count). The molecule has 0 aromatic heterocycles. The first kappa shape index (κ1) is 8.51. The molecule has 2 fully saturated rings. The minimum atomic E-state index is -3.23. The Morgan fingerprint density at radius 2 is 2.00 bits per heavy atom. The van der Waals surface area contributed by atoms with Gasteiger partial charge in [0.05, 0.1) is 12.4 Å². The molecule has 2 aliphatic rings. The molecule has 2 aliphatic carbocycles. The Morgan fingerprint density at radius 3 is 2.42 bits per heavy atom. The van der Waals surface area contributed by atoms with Crippen LogP contribution in [0.4, 0.5) is 0 Å². The molecule has 0 heterocycles. The van der Waals surface area contributed by atoms with E-state index < -0.39 is 10.1 Å². The Balaban J connectivity index is 2.00. The van der Waals surface area contributed by atoms with Crippen LogP contribution in [0.5, 0.6) is 0 Å².